The van der Waals surface area contributed by atoms with E-state index in [4.69, 9.17) is 0 Å². The van der Waals surface area contributed by atoms with E-state index < -0.39 is 0 Å². The summed E-state index contributed by atoms with van der Waals surface area (Å²) in [5.74, 6) is -0.175. The molecule has 0 bridgehead atoms. The highest BCUT2D eigenvalue weighted by Crippen LogP contribution is 2.19. The van der Waals surface area contributed by atoms with E-state index >= 15 is 0 Å². The van der Waals surface area contributed by atoms with Crippen molar-refractivity contribution in [2.24, 2.45) is 0 Å². The second kappa shape index (κ2) is 7.76. The second-order valence-corrected chi connectivity index (χ2v) is 7.09. The van der Waals surface area contributed by atoms with E-state index in [1.165, 1.54) is 0 Å². The lowest BCUT2D eigenvalue weighted by atomic mass is 10.1. The van der Waals surface area contributed by atoms with Crippen LogP contribution in [0.3, 0.4) is 0 Å². The van der Waals surface area contributed by atoms with E-state index in [2.05, 4.69) is 5.32 Å². The Morgan fingerprint density at radius 1 is 1.04 bits per heavy atom. The average Bonchev–Trinajstić information content (AvgIpc) is 2.64. The van der Waals surface area contributed by atoms with Crippen LogP contribution in [-0.2, 0) is 0 Å². The highest BCUT2D eigenvalue weighted by atomic mass is 16.2. The minimum Gasteiger partial charge on any atom is -0.351 e. The summed E-state index contributed by atoms with van der Waals surface area (Å²) in [6.45, 7) is 5.34. The Bertz CT molecular complexity index is 1050. The number of fused-ring (bicyclic) bond motifs is 1. The SMILES string of the molecule is Cc1ccc(-n2cc(C(=O)NCCN(C)C)c3ccccc3c2=O)cc1C. The van der Waals surface area contributed by atoms with Gasteiger partial charge in [-0.15, -0.1) is 0 Å². The third-order valence-electron chi connectivity index (χ3n) is 4.78. The number of benzene rings is 2. The Labute approximate surface area is 159 Å². The molecule has 5 nitrogen and oxygen atoms in total. The minimum atomic E-state index is -0.175. The fraction of sp³-hybridized carbons (Fsp3) is 0.273. The fourth-order valence-corrected chi connectivity index (χ4v) is 3.03. The van der Waals surface area contributed by atoms with E-state index in [0.29, 0.717) is 22.9 Å². The van der Waals surface area contributed by atoms with Gasteiger partial charge in [0.15, 0.2) is 0 Å². The Hall–Kier alpha value is -2.92. The standard InChI is InChI=1S/C22H25N3O2/c1-15-9-10-17(13-16(15)2)25-14-20(21(26)23-11-12-24(3)4)18-7-5-6-8-19(18)22(25)27/h5-10,13-14H,11-12H2,1-4H3,(H,23,26). The normalized spacial score (nSPS) is 11.1. The van der Waals surface area contributed by atoms with Crippen molar-refractivity contribution in [2.45, 2.75) is 13.8 Å². The Morgan fingerprint density at radius 2 is 1.74 bits per heavy atom. The van der Waals surface area contributed by atoms with Crippen LogP contribution in [0.2, 0.25) is 0 Å². The van der Waals surface area contributed by atoms with Gasteiger partial charge in [-0.3, -0.25) is 14.2 Å². The molecule has 0 aliphatic heterocycles. The van der Waals surface area contributed by atoms with Gasteiger partial charge >= 0.3 is 0 Å². The van der Waals surface area contributed by atoms with Gasteiger partial charge in [0.05, 0.1) is 5.56 Å². The first-order chi connectivity index (χ1) is 12.9. The first kappa shape index (κ1) is 18.9. The van der Waals surface area contributed by atoms with Gasteiger partial charge in [0.25, 0.3) is 11.5 Å². The van der Waals surface area contributed by atoms with Gasteiger partial charge in [0.2, 0.25) is 0 Å². The van der Waals surface area contributed by atoms with Crippen molar-refractivity contribution in [1.29, 1.82) is 0 Å². The smallest absolute Gasteiger partial charge is 0.262 e. The summed E-state index contributed by atoms with van der Waals surface area (Å²) >= 11 is 0. The first-order valence-electron chi connectivity index (χ1n) is 9.03. The Balaban J connectivity index is 2.13. The van der Waals surface area contributed by atoms with E-state index in [1.54, 1.807) is 16.8 Å². The van der Waals surface area contributed by atoms with Crippen molar-refractivity contribution >= 4 is 16.7 Å². The minimum absolute atomic E-state index is 0.126. The molecule has 140 valence electrons. The maximum atomic E-state index is 13.0. The van der Waals surface area contributed by atoms with Crippen LogP contribution in [-0.4, -0.2) is 42.6 Å². The molecule has 1 heterocycles. The van der Waals surface area contributed by atoms with Crippen LogP contribution in [0.4, 0.5) is 0 Å². The molecule has 1 N–H and O–H groups in total. The number of hydrogen-bond donors (Lipinski definition) is 1. The maximum absolute atomic E-state index is 13.0. The quantitative estimate of drug-likeness (QED) is 0.758. The molecule has 0 spiro atoms. The van der Waals surface area contributed by atoms with Crippen LogP contribution in [0, 0.1) is 13.8 Å². The molecule has 0 saturated heterocycles. The number of nitrogens with zero attached hydrogens (tertiary/aromatic N) is 2. The van der Waals surface area contributed by atoms with E-state index in [9.17, 15) is 9.59 Å². The molecule has 5 heteroatoms. The van der Waals surface area contributed by atoms with Gasteiger partial charge in [-0.2, -0.15) is 0 Å². The summed E-state index contributed by atoms with van der Waals surface area (Å²) in [5.41, 5.74) is 3.40. The van der Waals surface area contributed by atoms with Crippen molar-refractivity contribution < 1.29 is 4.79 Å². The zero-order chi connectivity index (χ0) is 19.6. The van der Waals surface area contributed by atoms with Crippen molar-refractivity contribution in [1.82, 2.24) is 14.8 Å². The van der Waals surface area contributed by atoms with E-state index in [0.717, 1.165) is 23.4 Å². The summed E-state index contributed by atoms with van der Waals surface area (Å²) in [6.07, 6.45) is 1.65. The molecule has 3 rings (SSSR count). The molecular formula is C22H25N3O2. The lowest BCUT2D eigenvalue weighted by molar-refractivity contribution is 0.0952. The average molecular weight is 363 g/mol. The van der Waals surface area contributed by atoms with Crippen LogP contribution < -0.4 is 10.9 Å². The van der Waals surface area contributed by atoms with Gasteiger partial charge < -0.3 is 10.2 Å². The molecule has 0 unspecified atom stereocenters. The number of amides is 1. The molecule has 0 atom stereocenters. The summed E-state index contributed by atoms with van der Waals surface area (Å²) in [5, 5.41) is 4.15. The largest absolute Gasteiger partial charge is 0.351 e. The number of aromatic nitrogens is 1. The molecule has 0 saturated carbocycles. The molecule has 0 radical (unpaired) electrons. The van der Waals surface area contributed by atoms with E-state index in [-0.39, 0.29) is 11.5 Å². The van der Waals surface area contributed by atoms with Crippen LogP contribution in [0.1, 0.15) is 21.5 Å². The Kier molecular flexibility index (Phi) is 5.42. The van der Waals surface area contributed by atoms with Crippen molar-refractivity contribution in [3.63, 3.8) is 0 Å². The molecule has 27 heavy (non-hydrogen) atoms. The van der Waals surface area contributed by atoms with Gasteiger partial charge in [0, 0.05) is 35.7 Å². The molecule has 0 fully saturated rings. The second-order valence-electron chi connectivity index (χ2n) is 7.09. The van der Waals surface area contributed by atoms with Gasteiger partial charge in [-0.25, -0.2) is 0 Å². The molecule has 0 aliphatic carbocycles. The van der Waals surface area contributed by atoms with Crippen molar-refractivity contribution in [3.8, 4) is 5.69 Å². The number of carbonyl (C=O) groups excluding carboxylic acids is 1. The molecule has 1 aromatic heterocycles. The summed E-state index contributed by atoms with van der Waals surface area (Å²) in [6, 6.07) is 13.1. The number of nitrogens with one attached hydrogen (secondary N) is 1. The summed E-state index contributed by atoms with van der Waals surface area (Å²) in [7, 11) is 3.92. The lowest BCUT2D eigenvalue weighted by Gasteiger charge is -2.14. The van der Waals surface area contributed by atoms with Crippen molar-refractivity contribution in [3.05, 3.63) is 75.7 Å². The first-order valence-corrected chi connectivity index (χ1v) is 9.03. The number of hydrogen-bond acceptors (Lipinski definition) is 3. The number of carbonyl (C=O) groups is 1. The fourth-order valence-electron chi connectivity index (χ4n) is 3.03. The lowest BCUT2D eigenvalue weighted by Crippen LogP contribution is -2.32. The number of aryl methyl sites for hydroxylation is 2. The molecule has 0 aliphatic rings. The number of rotatable bonds is 5. The van der Waals surface area contributed by atoms with Crippen LogP contribution in [0.25, 0.3) is 16.5 Å². The number of pyridine rings is 1. The zero-order valence-electron chi connectivity index (χ0n) is 16.2. The van der Waals surface area contributed by atoms with Gasteiger partial charge in [-0.05, 0) is 57.3 Å². The summed E-state index contributed by atoms with van der Waals surface area (Å²) < 4.78 is 1.57. The summed E-state index contributed by atoms with van der Waals surface area (Å²) in [4.78, 5) is 27.8. The van der Waals surface area contributed by atoms with Gasteiger partial charge in [-0.1, -0.05) is 24.3 Å². The topological polar surface area (TPSA) is 54.3 Å². The van der Waals surface area contributed by atoms with Crippen LogP contribution >= 0.6 is 0 Å². The van der Waals surface area contributed by atoms with Crippen LogP contribution in [0.15, 0.2) is 53.5 Å². The number of likely N-dealkylation sites (N-methyl/N-ethyl adjacent to an activating group) is 1. The third-order valence-corrected chi connectivity index (χ3v) is 4.78. The third kappa shape index (κ3) is 3.93. The molecule has 2 aromatic carbocycles. The zero-order valence-corrected chi connectivity index (χ0v) is 16.2. The molecule has 3 aromatic rings. The maximum Gasteiger partial charge on any atom is 0.262 e. The molecular weight excluding hydrogens is 338 g/mol. The highest BCUT2D eigenvalue weighted by molar-refractivity contribution is 6.06. The van der Waals surface area contributed by atoms with E-state index in [1.807, 2.05) is 69.2 Å². The van der Waals surface area contributed by atoms with Crippen molar-refractivity contribution in [2.75, 3.05) is 27.2 Å². The van der Waals surface area contributed by atoms with Gasteiger partial charge in [0.1, 0.15) is 0 Å². The Morgan fingerprint density at radius 3 is 2.41 bits per heavy atom. The molecule has 1 amide bonds. The van der Waals surface area contributed by atoms with Crippen LogP contribution in [0.5, 0.6) is 0 Å². The predicted molar refractivity (Wildman–Crippen MR) is 110 cm³/mol. The highest BCUT2D eigenvalue weighted by Gasteiger charge is 2.15. The monoisotopic (exact) mass is 363 g/mol. The predicted octanol–water partition coefficient (Wildman–Crippen LogP) is 2.90.